The fourth-order valence-electron chi connectivity index (χ4n) is 1.24. The number of nitrogens with zero attached hydrogens (tertiary/aromatic N) is 1. The summed E-state index contributed by atoms with van der Waals surface area (Å²) in [6.45, 7) is 0. The van der Waals surface area contributed by atoms with Gasteiger partial charge in [-0.15, -0.1) is 11.3 Å². The first-order valence-electron chi connectivity index (χ1n) is 4.92. The molecule has 0 spiro atoms. The summed E-state index contributed by atoms with van der Waals surface area (Å²) in [5, 5.41) is 12.6. The topological polar surface area (TPSA) is 79.3 Å². The van der Waals surface area contributed by atoms with Crippen molar-refractivity contribution in [1.82, 2.24) is 4.98 Å². The maximum Gasteiger partial charge on any atom is 0.355 e. The zero-order valence-electron chi connectivity index (χ0n) is 9.18. The van der Waals surface area contributed by atoms with Crippen LogP contribution in [-0.2, 0) is 0 Å². The molecule has 1 aromatic carbocycles. The van der Waals surface area contributed by atoms with Crippen LogP contribution in [0.4, 0.5) is 10.1 Å². The van der Waals surface area contributed by atoms with E-state index in [2.05, 4.69) is 10.3 Å². The first-order valence-corrected chi connectivity index (χ1v) is 6.88. The maximum atomic E-state index is 12.9. The molecule has 1 aromatic heterocycles. The van der Waals surface area contributed by atoms with Crippen LogP contribution in [0.25, 0.3) is 0 Å². The van der Waals surface area contributed by atoms with Gasteiger partial charge in [0.05, 0.1) is 5.69 Å². The highest BCUT2D eigenvalue weighted by atomic mass is 127. The minimum absolute atomic E-state index is 0.0394. The van der Waals surface area contributed by atoms with Crippen molar-refractivity contribution < 1.29 is 19.1 Å². The molecule has 0 saturated carbocycles. The molecule has 0 aliphatic heterocycles. The minimum Gasteiger partial charge on any atom is -0.476 e. The van der Waals surface area contributed by atoms with E-state index in [1.165, 1.54) is 23.6 Å². The molecule has 8 heteroatoms. The highest BCUT2D eigenvalue weighted by Crippen LogP contribution is 2.20. The van der Waals surface area contributed by atoms with Crippen LogP contribution in [0, 0.1) is 9.39 Å². The summed E-state index contributed by atoms with van der Waals surface area (Å²) in [5.74, 6) is -2.11. The van der Waals surface area contributed by atoms with E-state index in [0.29, 0.717) is 9.26 Å². The number of carboxylic acids is 1. The predicted molar refractivity (Wildman–Crippen MR) is 76.1 cm³/mol. The number of nitrogens with one attached hydrogen (secondary N) is 1. The van der Waals surface area contributed by atoms with Crippen molar-refractivity contribution in [2.24, 2.45) is 0 Å². The van der Waals surface area contributed by atoms with Gasteiger partial charge in [0, 0.05) is 8.95 Å². The summed E-state index contributed by atoms with van der Waals surface area (Å²) >= 11 is 2.82. The van der Waals surface area contributed by atoms with Gasteiger partial charge in [-0.05, 0) is 40.8 Å². The number of hydrogen-bond acceptors (Lipinski definition) is 4. The van der Waals surface area contributed by atoms with E-state index in [9.17, 15) is 14.0 Å². The molecule has 0 bridgehead atoms. The Morgan fingerprint density at radius 1 is 1.42 bits per heavy atom. The second-order valence-electron chi connectivity index (χ2n) is 3.42. The van der Waals surface area contributed by atoms with Crippen molar-refractivity contribution >= 4 is 51.5 Å². The molecule has 5 nitrogen and oxygen atoms in total. The number of thiazole rings is 1. The summed E-state index contributed by atoms with van der Waals surface area (Å²) in [6, 6.07) is 3.93. The van der Waals surface area contributed by atoms with Gasteiger partial charge in [0.1, 0.15) is 5.82 Å². The number of amides is 1. The molecule has 1 heterocycles. The van der Waals surface area contributed by atoms with Crippen LogP contribution in [0.5, 0.6) is 0 Å². The average Bonchev–Trinajstić information content (AvgIpc) is 2.82. The maximum absolute atomic E-state index is 12.9. The van der Waals surface area contributed by atoms with Gasteiger partial charge in [-0.25, -0.2) is 14.2 Å². The SMILES string of the molecule is O=C(O)c1csc(C(=O)Nc2ccc(F)cc2I)n1. The second kappa shape index (κ2) is 5.61. The van der Waals surface area contributed by atoms with E-state index in [-0.39, 0.29) is 10.7 Å². The number of halogens is 2. The van der Waals surface area contributed by atoms with E-state index >= 15 is 0 Å². The van der Waals surface area contributed by atoms with E-state index in [1.54, 1.807) is 0 Å². The Bertz CT molecular complexity index is 659. The minimum atomic E-state index is -1.19. The van der Waals surface area contributed by atoms with E-state index in [4.69, 9.17) is 5.11 Å². The van der Waals surface area contributed by atoms with Crippen LogP contribution < -0.4 is 5.32 Å². The first-order chi connectivity index (χ1) is 8.97. The Kier molecular flexibility index (Phi) is 4.10. The van der Waals surface area contributed by atoms with Gasteiger partial charge in [0.15, 0.2) is 10.7 Å². The number of hydrogen-bond donors (Lipinski definition) is 2. The van der Waals surface area contributed by atoms with Crippen LogP contribution in [-0.4, -0.2) is 22.0 Å². The zero-order chi connectivity index (χ0) is 14.0. The Morgan fingerprint density at radius 2 is 2.16 bits per heavy atom. The predicted octanol–water partition coefficient (Wildman–Crippen LogP) is 2.84. The lowest BCUT2D eigenvalue weighted by molar-refractivity contribution is 0.0691. The second-order valence-corrected chi connectivity index (χ2v) is 5.44. The first kappa shape index (κ1) is 13.9. The highest BCUT2D eigenvalue weighted by Gasteiger charge is 2.15. The number of carboxylic acid groups (broad SMARTS) is 1. The smallest absolute Gasteiger partial charge is 0.355 e. The van der Waals surface area contributed by atoms with Crippen LogP contribution in [0.15, 0.2) is 23.6 Å². The quantitative estimate of drug-likeness (QED) is 0.788. The molecule has 0 unspecified atom stereocenters. The summed E-state index contributed by atoms with van der Waals surface area (Å²) in [4.78, 5) is 26.2. The molecule has 0 fully saturated rings. The molecule has 98 valence electrons. The lowest BCUT2D eigenvalue weighted by Gasteiger charge is -2.05. The Balaban J connectivity index is 2.18. The largest absolute Gasteiger partial charge is 0.476 e. The monoisotopic (exact) mass is 392 g/mol. The van der Waals surface area contributed by atoms with Gasteiger partial charge in [0.2, 0.25) is 0 Å². The summed E-state index contributed by atoms with van der Waals surface area (Å²) in [5.41, 5.74) is 0.267. The van der Waals surface area contributed by atoms with E-state index in [1.807, 2.05) is 22.6 Å². The number of rotatable bonds is 3. The molecule has 0 aliphatic rings. The molecule has 0 atom stereocenters. The molecule has 2 rings (SSSR count). The van der Waals surface area contributed by atoms with Crippen molar-refractivity contribution in [3.05, 3.63) is 43.7 Å². The fourth-order valence-corrected chi connectivity index (χ4v) is 2.54. The molecule has 19 heavy (non-hydrogen) atoms. The van der Waals surface area contributed by atoms with Gasteiger partial charge < -0.3 is 10.4 Å². The molecule has 1 amide bonds. The molecule has 0 aliphatic carbocycles. The van der Waals surface area contributed by atoms with Gasteiger partial charge in [0.25, 0.3) is 5.91 Å². The number of benzene rings is 1. The van der Waals surface area contributed by atoms with Crippen molar-refractivity contribution in [1.29, 1.82) is 0 Å². The molecular weight excluding hydrogens is 386 g/mol. The zero-order valence-corrected chi connectivity index (χ0v) is 12.2. The number of aromatic nitrogens is 1. The van der Waals surface area contributed by atoms with Crippen LogP contribution in [0.1, 0.15) is 20.3 Å². The lowest BCUT2D eigenvalue weighted by atomic mass is 10.3. The number of aromatic carboxylic acids is 1. The average molecular weight is 392 g/mol. The van der Waals surface area contributed by atoms with Gasteiger partial charge in [-0.1, -0.05) is 0 Å². The van der Waals surface area contributed by atoms with Gasteiger partial charge in [-0.2, -0.15) is 0 Å². The standard InChI is InChI=1S/C11H6FIN2O3S/c12-5-1-2-7(6(13)3-5)14-9(16)10-15-8(4-19-10)11(17)18/h1-4H,(H,14,16)(H,17,18). The van der Waals surface area contributed by atoms with Crippen LogP contribution in [0.2, 0.25) is 0 Å². The van der Waals surface area contributed by atoms with Gasteiger partial charge >= 0.3 is 5.97 Å². The molecular formula is C11H6FIN2O3S. The number of carbonyl (C=O) groups is 2. The number of anilines is 1. The van der Waals surface area contributed by atoms with Crippen molar-refractivity contribution in [3.8, 4) is 0 Å². The Hall–Kier alpha value is -1.55. The van der Waals surface area contributed by atoms with E-state index in [0.717, 1.165) is 11.3 Å². The third kappa shape index (κ3) is 3.26. The molecule has 2 N–H and O–H groups in total. The fraction of sp³-hybridized carbons (Fsp3) is 0. The summed E-state index contributed by atoms with van der Waals surface area (Å²) < 4.78 is 13.4. The van der Waals surface area contributed by atoms with Crippen molar-refractivity contribution in [3.63, 3.8) is 0 Å². The molecule has 2 aromatic rings. The van der Waals surface area contributed by atoms with Gasteiger partial charge in [-0.3, -0.25) is 4.79 Å². The lowest BCUT2D eigenvalue weighted by Crippen LogP contribution is -2.13. The van der Waals surface area contributed by atoms with Crippen LogP contribution >= 0.6 is 33.9 Å². The molecule has 0 saturated heterocycles. The third-order valence-corrected chi connectivity index (χ3v) is 3.83. The Labute approximate surface area is 124 Å². The summed E-state index contributed by atoms with van der Waals surface area (Å²) in [7, 11) is 0. The summed E-state index contributed by atoms with van der Waals surface area (Å²) in [6.07, 6.45) is 0. The van der Waals surface area contributed by atoms with Crippen LogP contribution in [0.3, 0.4) is 0 Å². The van der Waals surface area contributed by atoms with Crippen molar-refractivity contribution in [2.45, 2.75) is 0 Å². The number of carbonyl (C=O) groups excluding carboxylic acids is 1. The third-order valence-electron chi connectivity index (χ3n) is 2.10. The van der Waals surface area contributed by atoms with Crippen molar-refractivity contribution in [2.75, 3.05) is 5.32 Å². The highest BCUT2D eigenvalue weighted by molar-refractivity contribution is 14.1. The Morgan fingerprint density at radius 3 is 2.74 bits per heavy atom. The van der Waals surface area contributed by atoms with E-state index < -0.39 is 17.7 Å². The molecule has 0 radical (unpaired) electrons. The normalized spacial score (nSPS) is 10.2.